The maximum atomic E-state index is 11.9. The maximum Gasteiger partial charge on any atom is 0.214 e. The molecule has 0 aromatic heterocycles. The molecule has 0 spiro atoms. The second-order valence-corrected chi connectivity index (χ2v) is 7.11. The molecule has 128 valence electrons. The first-order chi connectivity index (χ1) is 9.16. The quantitative estimate of drug-likeness (QED) is 0.706. The van der Waals surface area contributed by atoms with Gasteiger partial charge in [-0.2, -0.15) is 0 Å². The predicted octanol–water partition coefficient (Wildman–Crippen LogP) is 0.224. The number of ether oxygens (including phenoxy) is 1. The van der Waals surface area contributed by atoms with Crippen LogP contribution in [0.25, 0.3) is 0 Å². The lowest BCUT2D eigenvalue weighted by Gasteiger charge is -2.27. The van der Waals surface area contributed by atoms with Crippen molar-refractivity contribution in [1.29, 1.82) is 0 Å². The Morgan fingerprint density at radius 3 is 2.52 bits per heavy atom. The van der Waals surface area contributed by atoms with E-state index >= 15 is 0 Å². The third-order valence-corrected chi connectivity index (χ3v) is 5.09. The summed E-state index contributed by atoms with van der Waals surface area (Å²) < 4.78 is 32.0. The van der Waals surface area contributed by atoms with E-state index in [1.165, 1.54) is 0 Å². The van der Waals surface area contributed by atoms with Crippen LogP contribution >= 0.6 is 24.8 Å². The van der Waals surface area contributed by atoms with Crippen molar-refractivity contribution in [1.82, 2.24) is 14.9 Å². The van der Waals surface area contributed by atoms with Crippen molar-refractivity contribution in [3.05, 3.63) is 0 Å². The molecule has 2 rings (SSSR count). The van der Waals surface area contributed by atoms with E-state index in [1.54, 1.807) is 0 Å². The fraction of sp³-hybridized carbons (Fsp3) is 1.00. The molecule has 9 heteroatoms. The Balaban J connectivity index is 0.00000200. The van der Waals surface area contributed by atoms with Crippen molar-refractivity contribution >= 4 is 34.8 Å². The van der Waals surface area contributed by atoms with Crippen molar-refractivity contribution in [3.8, 4) is 0 Å². The lowest BCUT2D eigenvalue weighted by atomic mass is 10.1. The second-order valence-electron chi connectivity index (χ2n) is 5.26. The number of piperazine rings is 1. The Morgan fingerprint density at radius 2 is 1.90 bits per heavy atom. The Bertz CT molecular complexity index is 359. The van der Waals surface area contributed by atoms with Crippen molar-refractivity contribution in [2.45, 2.75) is 25.4 Å². The van der Waals surface area contributed by atoms with Gasteiger partial charge in [-0.1, -0.05) is 0 Å². The molecule has 6 nitrogen and oxygen atoms in total. The number of hydrogen-bond donors (Lipinski definition) is 2. The zero-order chi connectivity index (χ0) is 13.6. The average Bonchev–Trinajstić information content (AvgIpc) is 2.40. The summed E-state index contributed by atoms with van der Waals surface area (Å²) in [5.41, 5.74) is 0. The zero-order valence-electron chi connectivity index (χ0n) is 12.3. The Kier molecular flexibility index (Phi) is 11.2. The van der Waals surface area contributed by atoms with Crippen molar-refractivity contribution < 1.29 is 13.2 Å². The number of rotatable bonds is 6. The minimum atomic E-state index is -3.20. The molecule has 0 saturated carbocycles. The molecule has 2 saturated heterocycles. The van der Waals surface area contributed by atoms with Crippen LogP contribution in [0, 0.1) is 0 Å². The smallest absolute Gasteiger partial charge is 0.214 e. The van der Waals surface area contributed by atoms with Crippen LogP contribution < -0.4 is 10.0 Å². The average molecular weight is 364 g/mol. The number of hydrogen-bond acceptors (Lipinski definition) is 5. The SMILES string of the molecule is Cl.Cl.O=S(=O)(CC1CCCCO1)NCCN1CCNCC1. The fourth-order valence-corrected chi connectivity index (χ4v) is 3.81. The summed E-state index contributed by atoms with van der Waals surface area (Å²) in [4.78, 5) is 2.27. The van der Waals surface area contributed by atoms with E-state index in [2.05, 4.69) is 14.9 Å². The molecule has 0 aromatic carbocycles. The van der Waals surface area contributed by atoms with Gasteiger partial charge < -0.3 is 10.1 Å². The minimum absolute atomic E-state index is 0. The summed E-state index contributed by atoms with van der Waals surface area (Å²) in [5, 5.41) is 3.28. The van der Waals surface area contributed by atoms with Crippen LogP contribution in [0.2, 0.25) is 0 Å². The summed E-state index contributed by atoms with van der Waals surface area (Å²) >= 11 is 0. The largest absolute Gasteiger partial charge is 0.377 e. The van der Waals surface area contributed by atoms with Crippen LogP contribution in [-0.4, -0.2) is 71.0 Å². The molecule has 2 N–H and O–H groups in total. The summed E-state index contributed by atoms with van der Waals surface area (Å²) in [6, 6.07) is 0. The summed E-state index contributed by atoms with van der Waals surface area (Å²) in [6.07, 6.45) is 2.86. The van der Waals surface area contributed by atoms with Crippen LogP contribution in [0.3, 0.4) is 0 Å². The maximum absolute atomic E-state index is 11.9. The molecule has 0 aromatic rings. The third-order valence-electron chi connectivity index (χ3n) is 3.64. The molecule has 0 aliphatic carbocycles. The Labute approximate surface area is 140 Å². The molecule has 0 radical (unpaired) electrons. The molecule has 21 heavy (non-hydrogen) atoms. The predicted molar refractivity (Wildman–Crippen MR) is 89.2 cm³/mol. The van der Waals surface area contributed by atoms with E-state index < -0.39 is 10.0 Å². The van der Waals surface area contributed by atoms with Gasteiger partial charge in [0.25, 0.3) is 0 Å². The highest BCUT2D eigenvalue weighted by molar-refractivity contribution is 7.89. The summed E-state index contributed by atoms with van der Waals surface area (Å²) in [6.45, 7) is 5.94. The van der Waals surface area contributed by atoms with Crippen LogP contribution in [0.1, 0.15) is 19.3 Å². The van der Waals surface area contributed by atoms with Crippen LogP contribution in [0.4, 0.5) is 0 Å². The molecular formula is C12H27Cl2N3O3S. The van der Waals surface area contributed by atoms with Gasteiger partial charge in [0.05, 0.1) is 11.9 Å². The van der Waals surface area contributed by atoms with E-state index in [-0.39, 0.29) is 36.7 Å². The highest BCUT2D eigenvalue weighted by atomic mass is 35.5. The first-order valence-corrected chi connectivity index (χ1v) is 8.83. The van der Waals surface area contributed by atoms with Gasteiger partial charge >= 0.3 is 0 Å². The van der Waals surface area contributed by atoms with Crippen LogP contribution in [-0.2, 0) is 14.8 Å². The zero-order valence-corrected chi connectivity index (χ0v) is 14.7. The van der Waals surface area contributed by atoms with Gasteiger partial charge in [0, 0.05) is 45.9 Å². The van der Waals surface area contributed by atoms with Gasteiger partial charge in [0.1, 0.15) is 0 Å². The molecule has 2 aliphatic rings. The van der Waals surface area contributed by atoms with E-state index in [4.69, 9.17) is 4.74 Å². The van der Waals surface area contributed by atoms with Crippen LogP contribution in [0.5, 0.6) is 0 Å². The third kappa shape index (κ3) is 8.54. The van der Waals surface area contributed by atoms with Gasteiger partial charge in [-0.25, -0.2) is 13.1 Å². The van der Waals surface area contributed by atoms with Crippen molar-refractivity contribution in [3.63, 3.8) is 0 Å². The first kappa shape index (κ1) is 21.4. The van der Waals surface area contributed by atoms with Crippen molar-refractivity contribution in [2.24, 2.45) is 0 Å². The fourth-order valence-electron chi connectivity index (χ4n) is 2.54. The monoisotopic (exact) mass is 363 g/mol. The van der Waals surface area contributed by atoms with Gasteiger partial charge in [-0.15, -0.1) is 24.8 Å². The highest BCUT2D eigenvalue weighted by Crippen LogP contribution is 2.13. The van der Waals surface area contributed by atoms with E-state index in [0.29, 0.717) is 13.2 Å². The topological polar surface area (TPSA) is 70.7 Å². The molecule has 1 unspecified atom stereocenters. The molecule has 1 atom stereocenters. The van der Waals surface area contributed by atoms with Gasteiger partial charge in [-0.05, 0) is 19.3 Å². The first-order valence-electron chi connectivity index (χ1n) is 7.18. The lowest BCUT2D eigenvalue weighted by molar-refractivity contribution is 0.0304. The van der Waals surface area contributed by atoms with Gasteiger partial charge in [-0.3, -0.25) is 4.90 Å². The second kappa shape index (κ2) is 11.0. The van der Waals surface area contributed by atoms with E-state index in [9.17, 15) is 8.42 Å². The van der Waals surface area contributed by atoms with E-state index in [1.807, 2.05) is 0 Å². The summed E-state index contributed by atoms with van der Waals surface area (Å²) in [7, 11) is -3.20. The van der Waals surface area contributed by atoms with E-state index in [0.717, 1.165) is 52.0 Å². The minimum Gasteiger partial charge on any atom is -0.377 e. The molecule has 2 fully saturated rings. The highest BCUT2D eigenvalue weighted by Gasteiger charge is 2.21. The number of nitrogens with zero attached hydrogens (tertiary/aromatic N) is 1. The normalized spacial score (nSPS) is 23.9. The molecular weight excluding hydrogens is 337 g/mol. The molecule has 2 heterocycles. The standard InChI is InChI=1S/C12H25N3O3S.2ClH/c16-19(17,11-12-3-1-2-10-18-12)14-6-9-15-7-4-13-5-8-15;;/h12-14H,1-11H2;2*1H. The molecule has 2 aliphatic heterocycles. The van der Waals surface area contributed by atoms with Gasteiger partial charge in [0.2, 0.25) is 10.0 Å². The summed E-state index contributed by atoms with van der Waals surface area (Å²) in [5.74, 6) is 0.106. The Morgan fingerprint density at radius 1 is 1.19 bits per heavy atom. The van der Waals surface area contributed by atoms with Crippen LogP contribution in [0.15, 0.2) is 0 Å². The number of sulfonamides is 1. The lowest BCUT2D eigenvalue weighted by Crippen LogP contribution is -2.46. The molecule has 0 bridgehead atoms. The Hall–Kier alpha value is 0.370. The van der Waals surface area contributed by atoms with Crippen molar-refractivity contribution in [2.75, 3.05) is 51.6 Å². The molecule has 0 amide bonds. The van der Waals surface area contributed by atoms with Gasteiger partial charge in [0.15, 0.2) is 0 Å². The number of halogens is 2. The number of nitrogens with one attached hydrogen (secondary N) is 2.